The van der Waals surface area contributed by atoms with Crippen molar-refractivity contribution in [2.75, 3.05) is 6.54 Å². The van der Waals surface area contributed by atoms with Gasteiger partial charge >= 0.3 is 5.97 Å². The number of nitrogens with zero attached hydrogens (tertiary/aromatic N) is 3. The van der Waals surface area contributed by atoms with E-state index in [2.05, 4.69) is 5.10 Å². The van der Waals surface area contributed by atoms with Crippen LogP contribution in [0.25, 0.3) is 0 Å². The van der Waals surface area contributed by atoms with Crippen molar-refractivity contribution in [3.63, 3.8) is 0 Å². The van der Waals surface area contributed by atoms with Crippen molar-refractivity contribution >= 4 is 23.3 Å². The molecule has 1 aromatic rings. The lowest BCUT2D eigenvalue weighted by molar-refractivity contribution is -0.385. The largest absolute Gasteiger partial charge is 0.477 e. The highest BCUT2D eigenvalue weighted by Gasteiger charge is 2.24. The van der Waals surface area contributed by atoms with Gasteiger partial charge in [0.15, 0.2) is 0 Å². The number of hydrazone groups is 1. The van der Waals surface area contributed by atoms with Crippen molar-refractivity contribution in [3.05, 3.63) is 39.9 Å². The Bertz CT molecular complexity index is 626. The van der Waals surface area contributed by atoms with Gasteiger partial charge in [0.1, 0.15) is 5.71 Å². The quantitative estimate of drug-likeness (QED) is 0.646. The van der Waals surface area contributed by atoms with Gasteiger partial charge in [-0.15, -0.1) is 0 Å². The van der Waals surface area contributed by atoms with Crippen LogP contribution in [0, 0.1) is 10.1 Å². The first kappa shape index (κ1) is 14.6. The molecule has 0 aliphatic carbocycles. The normalized spacial score (nSPS) is 14.8. The third kappa shape index (κ3) is 3.41. The molecule has 0 saturated carbocycles. The number of benzene rings is 1. The molecule has 1 aliphatic rings. The predicted octanol–water partition coefficient (Wildman–Crippen LogP) is 1.20. The highest BCUT2D eigenvalue weighted by Crippen LogP contribution is 2.19. The van der Waals surface area contributed by atoms with Crippen molar-refractivity contribution in [2.45, 2.75) is 19.3 Å². The fourth-order valence-electron chi connectivity index (χ4n) is 2.06. The van der Waals surface area contributed by atoms with Crippen molar-refractivity contribution in [2.24, 2.45) is 5.10 Å². The van der Waals surface area contributed by atoms with E-state index in [1.54, 1.807) is 18.2 Å². The Morgan fingerprint density at radius 3 is 2.76 bits per heavy atom. The number of amides is 1. The summed E-state index contributed by atoms with van der Waals surface area (Å²) in [5, 5.41) is 24.6. The molecule has 1 heterocycles. The molecule has 0 radical (unpaired) electrons. The second-order valence-electron chi connectivity index (χ2n) is 4.50. The Labute approximate surface area is 119 Å². The lowest BCUT2D eigenvalue weighted by Crippen LogP contribution is -2.35. The number of carbonyl (C=O) groups is 2. The van der Waals surface area contributed by atoms with E-state index >= 15 is 0 Å². The number of carboxylic acid groups (broad SMARTS) is 1. The summed E-state index contributed by atoms with van der Waals surface area (Å²) < 4.78 is 0. The first-order valence-electron chi connectivity index (χ1n) is 6.32. The number of nitro groups is 1. The van der Waals surface area contributed by atoms with Gasteiger partial charge in [-0.3, -0.25) is 14.9 Å². The Kier molecular flexibility index (Phi) is 4.27. The van der Waals surface area contributed by atoms with E-state index in [4.69, 9.17) is 5.11 Å². The lowest BCUT2D eigenvalue weighted by atomic mass is 10.1. The maximum atomic E-state index is 11.7. The molecule has 1 aliphatic heterocycles. The van der Waals surface area contributed by atoms with E-state index in [1.165, 1.54) is 6.07 Å². The van der Waals surface area contributed by atoms with E-state index in [9.17, 15) is 19.7 Å². The minimum Gasteiger partial charge on any atom is -0.477 e. The number of para-hydroxylation sites is 1. The minimum atomic E-state index is -1.15. The van der Waals surface area contributed by atoms with Crippen LogP contribution in [0.15, 0.2) is 29.4 Å². The summed E-state index contributed by atoms with van der Waals surface area (Å²) in [4.78, 5) is 33.0. The van der Waals surface area contributed by atoms with Crippen LogP contribution in [-0.4, -0.2) is 39.2 Å². The van der Waals surface area contributed by atoms with E-state index in [1.807, 2.05) is 0 Å². The van der Waals surface area contributed by atoms with Crippen molar-refractivity contribution < 1.29 is 19.6 Å². The van der Waals surface area contributed by atoms with Gasteiger partial charge in [-0.2, -0.15) is 5.10 Å². The fraction of sp³-hybridized carbons (Fsp3) is 0.308. The topological polar surface area (TPSA) is 113 Å². The Balaban J connectivity index is 2.12. The zero-order valence-electron chi connectivity index (χ0n) is 11.1. The summed E-state index contributed by atoms with van der Waals surface area (Å²) in [5.41, 5.74) is 0.384. The highest BCUT2D eigenvalue weighted by molar-refractivity contribution is 6.36. The summed E-state index contributed by atoms with van der Waals surface area (Å²) in [6.45, 7) is 0.112. The Morgan fingerprint density at radius 1 is 1.38 bits per heavy atom. The van der Waals surface area contributed by atoms with Gasteiger partial charge in [-0.1, -0.05) is 18.2 Å². The Morgan fingerprint density at radius 2 is 2.10 bits per heavy atom. The molecule has 0 aromatic heterocycles. The molecule has 1 N–H and O–H groups in total. The van der Waals surface area contributed by atoms with Gasteiger partial charge in [0, 0.05) is 31.0 Å². The molecule has 2 rings (SSSR count). The van der Waals surface area contributed by atoms with Gasteiger partial charge in [0.2, 0.25) is 5.91 Å². The van der Waals surface area contributed by atoms with Crippen molar-refractivity contribution in [1.29, 1.82) is 0 Å². The standard InChI is InChI=1S/C13H13N3O5/c17-12-6-5-10(13(18)19)14-15(12)8-7-9-3-1-2-4-11(9)16(20)21/h1-4H,5-8H2,(H,18,19). The third-order valence-electron chi connectivity index (χ3n) is 3.13. The van der Waals surface area contributed by atoms with Crippen molar-refractivity contribution in [3.8, 4) is 0 Å². The lowest BCUT2D eigenvalue weighted by Gasteiger charge is -2.21. The second-order valence-corrected chi connectivity index (χ2v) is 4.50. The monoisotopic (exact) mass is 291 g/mol. The molecule has 0 atom stereocenters. The molecule has 0 unspecified atom stereocenters. The Hall–Kier alpha value is -2.77. The average Bonchev–Trinajstić information content (AvgIpc) is 2.46. The molecule has 0 saturated heterocycles. The highest BCUT2D eigenvalue weighted by atomic mass is 16.6. The second kappa shape index (κ2) is 6.12. The maximum absolute atomic E-state index is 11.7. The minimum absolute atomic E-state index is 0.0237. The van der Waals surface area contributed by atoms with Gasteiger partial charge < -0.3 is 5.11 Å². The van der Waals surface area contributed by atoms with E-state index in [0.29, 0.717) is 5.56 Å². The van der Waals surface area contributed by atoms with Crippen LogP contribution >= 0.6 is 0 Å². The maximum Gasteiger partial charge on any atom is 0.352 e. The zero-order chi connectivity index (χ0) is 15.4. The smallest absolute Gasteiger partial charge is 0.352 e. The summed E-state index contributed by atoms with van der Waals surface area (Å²) in [7, 11) is 0. The molecule has 0 bridgehead atoms. The first-order valence-corrected chi connectivity index (χ1v) is 6.32. The molecule has 8 nitrogen and oxygen atoms in total. The molecule has 21 heavy (non-hydrogen) atoms. The predicted molar refractivity (Wildman–Crippen MR) is 72.8 cm³/mol. The molecular formula is C13H13N3O5. The van der Waals surface area contributed by atoms with Crippen molar-refractivity contribution in [1.82, 2.24) is 5.01 Å². The van der Waals surface area contributed by atoms with Crippen LogP contribution in [0.1, 0.15) is 18.4 Å². The number of hydrogen-bond donors (Lipinski definition) is 1. The average molecular weight is 291 g/mol. The van der Waals surface area contributed by atoms with Gasteiger partial charge in [0.25, 0.3) is 5.69 Å². The molecule has 8 heteroatoms. The fourth-order valence-corrected chi connectivity index (χ4v) is 2.06. The molecule has 110 valence electrons. The van der Waals surface area contributed by atoms with Crippen LogP contribution < -0.4 is 0 Å². The number of rotatable bonds is 5. The summed E-state index contributed by atoms with van der Waals surface area (Å²) in [5.74, 6) is -1.43. The molecule has 0 spiro atoms. The van der Waals surface area contributed by atoms with Crippen LogP contribution in [0.5, 0.6) is 0 Å². The van der Waals surface area contributed by atoms with E-state index in [-0.39, 0.29) is 43.1 Å². The van der Waals surface area contributed by atoms with Gasteiger partial charge in [-0.25, -0.2) is 9.80 Å². The molecular weight excluding hydrogens is 278 g/mol. The number of carbonyl (C=O) groups excluding carboxylic acids is 1. The van der Waals surface area contributed by atoms with E-state index < -0.39 is 10.9 Å². The molecule has 1 amide bonds. The summed E-state index contributed by atoms with van der Waals surface area (Å²) in [6.07, 6.45) is 0.428. The summed E-state index contributed by atoms with van der Waals surface area (Å²) >= 11 is 0. The number of carboxylic acids is 1. The van der Waals surface area contributed by atoms with Gasteiger partial charge in [0.05, 0.1) is 4.92 Å². The van der Waals surface area contributed by atoms with Crippen LogP contribution in [0.3, 0.4) is 0 Å². The molecule has 0 fully saturated rings. The first-order chi connectivity index (χ1) is 9.99. The number of nitro benzene ring substituents is 1. The van der Waals surface area contributed by atoms with Gasteiger partial charge in [-0.05, 0) is 6.42 Å². The van der Waals surface area contributed by atoms with Crippen LogP contribution in [-0.2, 0) is 16.0 Å². The summed E-state index contributed by atoms with van der Waals surface area (Å²) in [6, 6.07) is 6.23. The zero-order valence-corrected chi connectivity index (χ0v) is 11.1. The number of hydrogen-bond acceptors (Lipinski definition) is 5. The van der Waals surface area contributed by atoms with Crippen LogP contribution in [0.4, 0.5) is 5.69 Å². The van der Waals surface area contributed by atoms with E-state index in [0.717, 1.165) is 5.01 Å². The van der Waals surface area contributed by atoms with Crippen LogP contribution in [0.2, 0.25) is 0 Å². The number of aliphatic carboxylic acids is 1. The third-order valence-corrected chi connectivity index (χ3v) is 3.13. The molecule has 1 aromatic carbocycles. The SMILES string of the molecule is O=C(O)C1=NN(CCc2ccccc2[N+](=O)[O-])C(=O)CC1.